The Morgan fingerprint density at radius 3 is 1.43 bits per heavy atom. The second kappa shape index (κ2) is 39.5. The zero-order valence-corrected chi connectivity index (χ0v) is 52.3. The van der Waals surface area contributed by atoms with E-state index in [2.05, 4.69) is 84.0 Å². The van der Waals surface area contributed by atoms with E-state index in [9.17, 15) is 34.9 Å². The minimum absolute atomic E-state index is 0.276. The standard InChI is InChI=1S/C13H15O5P.C11H18N2O.C10H14N2O.2C10H16N2O.C9H14N2O/c1-4-16-19(3,15)18-10-5-6-11-9(2)7-13(14)17-12(11)8-10;1-3-4-8-13(2)9-10-11(14)6-5-7-12-10;13-10-4-3-5-11-9(10)8-12-6-1-2-7-12;1-3-7-12(2)8-9-10(13)5-4-6-11-9;1-3-12(4-2)8-9-10(13)6-5-7-11-9;1-3-11(2)7-8-9(12)5-4-6-10-8/h5-8H,4H2,1-3H3;5-7,14H,3-4,8-9H2,1-2H3;3-5,13H,1-2,6-8H2;4-6,13H,3,7-8H2,1-2H3;5-7,13H,3-4,8H2,1-2H3;4-6,12H,3,7H2,1-2H3. The Morgan fingerprint density at radius 1 is 0.571 bits per heavy atom. The van der Waals surface area contributed by atoms with Gasteiger partial charge in [0.05, 0.1) is 35.1 Å². The molecule has 21 heteroatoms. The predicted molar refractivity (Wildman–Crippen MR) is 334 cm³/mol. The van der Waals surface area contributed by atoms with Crippen LogP contribution in [0.5, 0.6) is 34.5 Å². The van der Waals surface area contributed by atoms with Gasteiger partial charge in [-0.15, -0.1) is 0 Å². The van der Waals surface area contributed by atoms with Gasteiger partial charge in [-0.3, -0.25) is 34.7 Å². The van der Waals surface area contributed by atoms with E-state index in [0.29, 0.717) is 43.3 Å². The summed E-state index contributed by atoms with van der Waals surface area (Å²) in [5.41, 5.74) is 4.59. The summed E-state index contributed by atoms with van der Waals surface area (Å²) in [5.74, 6) is 1.79. The van der Waals surface area contributed by atoms with Gasteiger partial charge in [0.25, 0.3) is 0 Å². The summed E-state index contributed by atoms with van der Waals surface area (Å²) in [6.45, 7) is 26.7. The van der Waals surface area contributed by atoms with Crippen LogP contribution in [-0.4, -0.2) is 155 Å². The number of aromatic nitrogens is 5. The molecule has 0 aliphatic carbocycles. The molecule has 1 aliphatic rings. The Labute approximate surface area is 498 Å². The fraction of sp³-hybridized carbons (Fsp3) is 0.460. The largest absolute Gasteiger partial charge is 0.506 e. The van der Waals surface area contributed by atoms with Crippen LogP contribution in [0.4, 0.5) is 0 Å². The molecule has 20 nitrogen and oxygen atoms in total. The minimum atomic E-state index is -3.14. The van der Waals surface area contributed by atoms with Crippen molar-refractivity contribution in [1.82, 2.24) is 49.4 Å². The van der Waals surface area contributed by atoms with E-state index >= 15 is 0 Å². The monoisotopic (exact) mass is 1180 g/mol. The van der Waals surface area contributed by atoms with Crippen LogP contribution in [0.1, 0.15) is 108 Å². The lowest BCUT2D eigenvalue weighted by Gasteiger charge is -2.17. The molecule has 1 aliphatic heterocycles. The van der Waals surface area contributed by atoms with Crippen LogP contribution in [0.15, 0.2) is 125 Å². The van der Waals surface area contributed by atoms with E-state index in [4.69, 9.17) is 13.5 Å². The first-order valence-corrected chi connectivity index (χ1v) is 30.9. The average Bonchev–Trinajstić information content (AvgIpc) is 4.13. The van der Waals surface area contributed by atoms with Gasteiger partial charge in [-0.1, -0.05) is 41.0 Å². The van der Waals surface area contributed by atoms with Gasteiger partial charge >= 0.3 is 13.2 Å². The van der Waals surface area contributed by atoms with Gasteiger partial charge in [0.2, 0.25) is 0 Å². The molecular formula is C63H93N10O10P. The minimum Gasteiger partial charge on any atom is -0.506 e. The Balaban J connectivity index is 0.000000266. The lowest BCUT2D eigenvalue weighted by molar-refractivity contribution is 0.284. The van der Waals surface area contributed by atoms with Crippen molar-refractivity contribution in [3.63, 3.8) is 0 Å². The van der Waals surface area contributed by atoms with Crippen molar-refractivity contribution in [2.45, 2.75) is 113 Å². The number of aromatic hydroxyl groups is 5. The first-order chi connectivity index (χ1) is 40.3. The van der Waals surface area contributed by atoms with Crippen molar-refractivity contribution in [2.24, 2.45) is 0 Å². The Morgan fingerprint density at radius 2 is 1.01 bits per heavy atom. The molecule has 6 aromatic heterocycles. The maximum atomic E-state index is 11.9. The van der Waals surface area contributed by atoms with Crippen molar-refractivity contribution < 1.29 is 43.6 Å². The maximum Gasteiger partial charge on any atom is 0.376 e. The molecule has 460 valence electrons. The highest BCUT2D eigenvalue weighted by Gasteiger charge is 2.19. The van der Waals surface area contributed by atoms with Crippen LogP contribution < -0.4 is 10.1 Å². The summed E-state index contributed by atoms with van der Waals surface area (Å²) >= 11 is 0. The summed E-state index contributed by atoms with van der Waals surface area (Å²) < 4.78 is 27.3. The van der Waals surface area contributed by atoms with Crippen LogP contribution in [0.2, 0.25) is 0 Å². The van der Waals surface area contributed by atoms with Crippen LogP contribution in [0, 0.1) is 6.92 Å². The molecule has 1 saturated heterocycles. The first-order valence-electron chi connectivity index (χ1n) is 28.9. The van der Waals surface area contributed by atoms with Crippen LogP contribution >= 0.6 is 7.60 Å². The molecule has 1 unspecified atom stereocenters. The molecule has 8 rings (SSSR count). The van der Waals surface area contributed by atoms with Crippen molar-refractivity contribution in [3.8, 4) is 34.5 Å². The first kappa shape index (κ1) is 71.2. The normalized spacial score (nSPS) is 12.6. The molecule has 5 N–H and O–H groups in total. The Hall–Kier alpha value is -7.03. The summed E-state index contributed by atoms with van der Waals surface area (Å²) in [5, 5.41) is 48.1. The number of fused-ring (bicyclic) bond motifs is 1. The number of hydrogen-bond donors (Lipinski definition) is 5. The molecule has 0 saturated carbocycles. The van der Waals surface area contributed by atoms with E-state index in [-0.39, 0.29) is 23.0 Å². The second-order valence-electron chi connectivity index (χ2n) is 20.1. The SMILES string of the molecule is CCCCN(C)Cc1ncccc1O.CCCN(C)Cc1ncccc1O.CCN(C)Cc1ncccc1O.CCN(CC)Cc1ncccc1O.CCOP(C)(=O)Oc1ccc2c(C)cc(=O)oc2c1.Oc1cccnc1CN1CCCC1. The summed E-state index contributed by atoms with van der Waals surface area (Å²) in [7, 11) is 2.93. The zero-order valence-electron chi connectivity index (χ0n) is 51.4. The van der Waals surface area contributed by atoms with Crippen molar-refractivity contribution in [3.05, 3.63) is 160 Å². The van der Waals surface area contributed by atoms with Gasteiger partial charge in [0.1, 0.15) is 40.1 Å². The molecule has 0 bridgehead atoms. The Bertz CT molecular complexity index is 3010. The van der Waals surface area contributed by atoms with Gasteiger partial charge in [-0.05, 0) is 185 Å². The van der Waals surface area contributed by atoms with Crippen LogP contribution in [0.3, 0.4) is 0 Å². The fourth-order valence-corrected chi connectivity index (χ4v) is 9.25. The topological polar surface area (TPSA) is 248 Å². The third kappa shape index (κ3) is 27.6. The number of nitrogens with zero attached hydrogens (tertiary/aromatic N) is 10. The highest BCUT2D eigenvalue weighted by atomic mass is 31.2. The molecule has 84 heavy (non-hydrogen) atoms. The number of likely N-dealkylation sites (tertiary alicyclic amines) is 1. The molecule has 7 aromatic rings. The number of hydrogen-bond acceptors (Lipinski definition) is 20. The van der Waals surface area contributed by atoms with Crippen molar-refractivity contribution in [2.75, 3.05) is 80.2 Å². The second-order valence-corrected chi connectivity index (χ2v) is 22.1. The van der Waals surface area contributed by atoms with Gasteiger partial charge < -0.3 is 53.7 Å². The highest BCUT2D eigenvalue weighted by Crippen LogP contribution is 2.44. The molecule has 1 atom stereocenters. The molecular weight excluding hydrogens is 1090 g/mol. The van der Waals surface area contributed by atoms with Gasteiger partial charge in [-0.2, -0.15) is 0 Å². The fourth-order valence-electron chi connectivity index (χ4n) is 8.23. The molecule has 0 amide bonds. The van der Waals surface area contributed by atoms with E-state index in [0.717, 1.165) is 105 Å². The Kier molecular flexibility index (Phi) is 33.5. The quantitative estimate of drug-likeness (QED) is 0.0313. The van der Waals surface area contributed by atoms with Gasteiger partial charge in [-0.25, -0.2) is 9.36 Å². The number of benzene rings is 1. The van der Waals surface area contributed by atoms with E-state index in [1.54, 1.807) is 117 Å². The zero-order chi connectivity index (χ0) is 61.9. The summed E-state index contributed by atoms with van der Waals surface area (Å²) in [6, 6.07) is 23.5. The van der Waals surface area contributed by atoms with Gasteiger partial charge in [0.15, 0.2) is 0 Å². The summed E-state index contributed by atoms with van der Waals surface area (Å²) in [4.78, 5) is 42.8. The molecule has 0 radical (unpaired) electrons. The number of rotatable bonds is 22. The maximum absolute atomic E-state index is 11.9. The number of aryl methyl sites for hydroxylation is 1. The molecule has 7 heterocycles. The molecule has 1 fully saturated rings. The number of unbranched alkanes of at least 4 members (excludes halogenated alkanes) is 1. The molecule has 1 aromatic carbocycles. The van der Waals surface area contributed by atoms with Gasteiger partial charge in [0, 0.05) is 87.9 Å². The van der Waals surface area contributed by atoms with Crippen LogP contribution in [-0.2, 0) is 41.8 Å². The third-order valence-electron chi connectivity index (χ3n) is 13.0. The smallest absolute Gasteiger partial charge is 0.376 e. The van der Waals surface area contributed by atoms with Crippen LogP contribution in [0.25, 0.3) is 11.0 Å². The highest BCUT2D eigenvalue weighted by molar-refractivity contribution is 7.53. The lowest BCUT2D eigenvalue weighted by atomic mass is 10.1. The summed E-state index contributed by atoms with van der Waals surface area (Å²) in [6.07, 6.45) is 14.6. The molecule has 0 spiro atoms. The average molecular weight is 1180 g/mol. The van der Waals surface area contributed by atoms with E-state index < -0.39 is 13.2 Å². The third-order valence-corrected chi connectivity index (χ3v) is 14.3. The van der Waals surface area contributed by atoms with Crippen molar-refractivity contribution >= 4 is 18.6 Å². The predicted octanol–water partition coefficient (Wildman–Crippen LogP) is 11.2. The van der Waals surface area contributed by atoms with E-state index in [1.165, 1.54) is 38.4 Å². The lowest BCUT2D eigenvalue weighted by Crippen LogP contribution is -2.22. The van der Waals surface area contributed by atoms with Crippen molar-refractivity contribution in [1.29, 1.82) is 0 Å². The van der Waals surface area contributed by atoms with E-state index in [1.807, 2.05) is 28.1 Å². The number of pyridine rings is 5.